The molecule has 0 amide bonds. The number of carbonyl (C=O) groups is 1. The molecule has 0 heterocycles. The van der Waals surface area contributed by atoms with Crippen LogP contribution in [0.15, 0.2) is 23.8 Å². The van der Waals surface area contributed by atoms with Crippen molar-refractivity contribution in [2.24, 2.45) is 5.92 Å². The Morgan fingerprint density at radius 2 is 1.70 bits per heavy atom. The number of aliphatic hydroxyl groups excluding tert-OH is 1. The van der Waals surface area contributed by atoms with Crippen LogP contribution in [-0.2, 0) is 14.0 Å². The Morgan fingerprint density at radius 1 is 1.15 bits per heavy atom. The number of carbonyl (C=O) groups excluding carboxylic acids is 1. The van der Waals surface area contributed by atoms with Crippen LogP contribution in [0.2, 0.25) is 18.1 Å². The first-order chi connectivity index (χ1) is 12.1. The maximum atomic E-state index is 12.3. The van der Waals surface area contributed by atoms with Crippen LogP contribution in [0.4, 0.5) is 0 Å². The van der Waals surface area contributed by atoms with Crippen molar-refractivity contribution in [3.05, 3.63) is 23.8 Å². The first-order valence-corrected chi connectivity index (χ1v) is 12.9. The monoisotopic (exact) mass is 398 g/mol. The van der Waals surface area contributed by atoms with E-state index in [1.54, 1.807) is 13.0 Å². The van der Waals surface area contributed by atoms with Crippen LogP contribution in [0, 0.1) is 5.92 Å². The summed E-state index contributed by atoms with van der Waals surface area (Å²) in [7, 11) is -1.67. The van der Waals surface area contributed by atoms with Crippen molar-refractivity contribution in [1.82, 2.24) is 0 Å². The van der Waals surface area contributed by atoms with E-state index in [1.165, 1.54) is 0 Å². The number of hydrogen-bond acceptors (Lipinski definition) is 4. The summed E-state index contributed by atoms with van der Waals surface area (Å²) in [6, 6.07) is 0. The molecule has 0 aliphatic carbocycles. The molecule has 0 aliphatic heterocycles. The van der Waals surface area contributed by atoms with E-state index >= 15 is 0 Å². The fourth-order valence-electron chi connectivity index (χ4n) is 2.13. The van der Waals surface area contributed by atoms with Crippen LogP contribution >= 0.6 is 0 Å². The molecule has 158 valence electrons. The Hall–Kier alpha value is -0.913. The van der Waals surface area contributed by atoms with Gasteiger partial charge in [-0.1, -0.05) is 44.6 Å². The van der Waals surface area contributed by atoms with E-state index in [1.807, 2.05) is 33.8 Å². The average molecular weight is 399 g/mol. The van der Waals surface area contributed by atoms with Crippen molar-refractivity contribution < 1.29 is 19.1 Å². The van der Waals surface area contributed by atoms with Crippen molar-refractivity contribution in [3.63, 3.8) is 0 Å². The van der Waals surface area contributed by atoms with E-state index in [2.05, 4.69) is 39.9 Å². The molecule has 2 unspecified atom stereocenters. The molecule has 0 aliphatic rings. The number of allylic oxidation sites excluding steroid dienone is 3. The fraction of sp³-hybridized carbons (Fsp3) is 0.773. The van der Waals surface area contributed by atoms with E-state index in [0.717, 1.165) is 25.0 Å². The zero-order valence-corrected chi connectivity index (χ0v) is 20.2. The summed E-state index contributed by atoms with van der Waals surface area (Å²) >= 11 is 0. The summed E-state index contributed by atoms with van der Waals surface area (Å²) in [5.74, 6) is -1.05. The van der Waals surface area contributed by atoms with Crippen molar-refractivity contribution in [3.8, 4) is 0 Å². The Labute approximate surface area is 168 Å². The zero-order chi connectivity index (χ0) is 21.5. The minimum Gasteiger partial charge on any atom is -0.459 e. The number of esters is 1. The van der Waals surface area contributed by atoms with Crippen LogP contribution in [0.3, 0.4) is 0 Å². The van der Waals surface area contributed by atoms with E-state index in [4.69, 9.17) is 9.16 Å². The lowest BCUT2D eigenvalue weighted by Gasteiger charge is -2.36. The molecular weight excluding hydrogens is 356 g/mol. The highest BCUT2D eigenvalue weighted by atomic mass is 28.4. The van der Waals surface area contributed by atoms with Crippen LogP contribution in [0.25, 0.3) is 0 Å². The molecule has 0 aromatic carbocycles. The van der Waals surface area contributed by atoms with Crippen molar-refractivity contribution in [2.75, 3.05) is 6.61 Å². The van der Waals surface area contributed by atoms with Gasteiger partial charge in [-0.2, -0.15) is 0 Å². The third kappa shape index (κ3) is 10.9. The Kier molecular flexibility index (Phi) is 10.2. The molecule has 0 fully saturated rings. The molecule has 1 N–H and O–H groups in total. The first-order valence-electron chi connectivity index (χ1n) is 9.96. The maximum Gasteiger partial charge on any atom is 0.315 e. The second kappa shape index (κ2) is 10.6. The molecule has 4 nitrogen and oxygen atoms in total. The van der Waals surface area contributed by atoms with Gasteiger partial charge < -0.3 is 14.3 Å². The highest BCUT2D eigenvalue weighted by Gasteiger charge is 2.36. The third-order valence-electron chi connectivity index (χ3n) is 4.81. The van der Waals surface area contributed by atoms with Gasteiger partial charge in [0.05, 0.1) is 6.10 Å². The normalized spacial score (nSPS) is 16.5. The second-order valence-corrected chi connectivity index (χ2v) is 14.7. The molecule has 0 aromatic rings. The molecule has 0 bridgehead atoms. The molecule has 0 saturated heterocycles. The van der Waals surface area contributed by atoms with Gasteiger partial charge in [-0.05, 0) is 65.6 Å². The molecule has 27 heavy (non-hydrogen) atoms. The Morgan fingerprint density at radius 3 is 2.15 bits per heavy atom. The number of hydrogen-bond donors (Lipinski definition) is 1. The molecular formula is C22H42O4Si. The number of aliphatic hydroxyl groups is 1. The van der Waals surface area contributed by atoms with Gasteiger partial charge in [-0.3, -0.25) is 4.79 Å². The van der Waals surface area contributed by atoms with Crippen LogP contribution in [-0.4, -0.2) is 37.7 Å². The first kappa shape index (κ1) is 26.1. The topological polar surface area (TPSA) is 55.8 Å². The van der Waals surface area contributed by atoms with Gasteiger partial charge in [0.25, 0.3) is 0 Å². The summed E-state index contributed by atoms with van der Waals surface area (Å²) < 4.78 is 11.6. The molecule has 0 radical (unpaired) electrons. The predicted molar refractivity (Wildman–Crippen MR) is 116 cm³/mol. The molecule has 0 aromatic heterocycles. The fourth-order valence-corrected chi connectivity index (χ4v) is 3.21. The summed E-state index contributed by atoms with van der Waals surface area (Å²) in [6.07, 6.45) is 6.97. The van der Waals surface area contributed by atoms with Gasteiger partial charge in [0.15, 0.2) is 8.32 Å². The summed E-state index contributed by atoms with van der Waals surface area (Å²) in [5, 5.41) is 10.2. The Balaban J connectivity index is 4.59. The maximum absolute atomic E-state index is 12.3. The number of rotatable bonds is 9. The van der Waals surface area contributed by atoms with Gasteiger partial charge >= 0.3 is 5.97 Å². The lowest BCUT2D eigenvalue weighted by Crippen LogP contribution is -2.40. The highest BCUT2D eigenvalue weighted by molar-refractivity contribution is 6.74. The van der Waals surface area contributed by atoms with E-state index in [-0.39, 0.29) is 5.04 Å². The van der Waals surface area contributed by atoms with Crippen molar-refractivity contribution in [1.29, 1.82) is 0 Å². The van der Waals surface area contributed by atoms with Gasteiger partial charge in [0, 0.05) is 6.61 Å². The van der Waals surface area contributed by atoms with Crippen molar-refractivity contribution in [2.45, 2.75) is 98.1 Å². The lowest BCUT2D eigenvalue weighted by molar-refractivity contribution is -0.161. The molecule has 0 rings (SSSR count). The van der Waals surface area contributed by atoms with Gasteiger partial charge in [0.1, 0.15) is 11.5 Å². The van der Waals surface area contributed by atoms with Gasteiger partial charge in [-0.25, -0.2) is 0 Å². The largest absolute Gasteiger partial charge is 0.459 e. The van der Waals surface area contributed by atoms with Gasteiger partial charge in [-0.15, -0.1) is 0 Å². The highest BCUT2D eigenvalue weighted by Crippen LogP contribution is 2.36. The minimum absolute atomic E-state index is 0.236. The average Bonchev–Trinajstić information content (AvgIpc) is 2.44. The van der Waals surface area contributed by atoms with Gasteiger partial charge in [0.2, 0.25) is 0 Å². The van der Waals surface area contributed by atoms with E-state index < -0.39 is 31.9 Å². The third-order valence-corrected chi connectivity index (χ3v) is 9.34. The summed E-state index contributed by atoms with van der Waals surface area (Å²) in [6.45, 7) is 21.1. The van der Waals surface area contributed by atoms with Crippen molar-refractivity contribution >= 4 is 14.3 Å². The summed E-state index contributed by atoms with van der Waals surface area (Å²) in [4.78, 5) is 12.3. The number of unbranched alkanes of at least 4 members (excludes halogenated alkanes) is 1. The molecule has 5 heteroatoms. The number of ether oxygens (including phenoxy) is 1. The molecule has 0 spiro atoms. The SMILES string of the molecule is CC(C=CCCCO[Si](C)(C)C(C)(C)C)=CC(C(=O)OC(C)(C)C)C(C)O. The molecule has 0 saturated carbocycles. The standard InChI is InChI=1S/C22H42O4Si/c1-17(16-19(18(2)23)20(24)26-21(3,4)5)14-12-11-13-15-25-27(9,10)22(6,7)8/h12,14,16,18-19,23H,11,13,15H2,1-10H3. The Bertz CT molecular complexity index is 519. The second-order valence-electron chi connectivity index (χ2n) is 9.86. The smallest absolute Gasteiger partial charge is 0.315 e. The van der Waals surface area contributed by atoms with E-state index in [0.29, 0.717) is 0 Å². The lowest BCUT2D eigenvalue weighted by atomic mass is 10.00. The molecule has 2 atom stereocenters. The van der Waals surface area contributed by atoms with Crippen LogP contribution < -0.4 is 0 Å². The zero-order valence-electron chi connectivity index (χ0n) is 19.2. The quantitative estimate of drug-likeness (QED) is 0.237. The van der Waals surface area contributed by atoms with Crippen LogP contribution in [0.5, 0.6) is 0 Å². The minimum atomic E-state index is -1.67. The summed E-state index contributed by atoms with van der Waals surface area (Å²) in [5.41, 5.74) is 0.378. The van der Waals surface area contributed by atoms with Crippen LogP contribution in [0.1, 0.15) is 68.2 Å². The predicted octanol–water partition coefficient (Wildman–Crippen LogP) is 5.63. The van der Waals surface area contributed by atoms with E-state index in [9.17, 15) is 9.90 Å².